The van der Waals surface area contributed by atoms with Crippen LogP contribution in [-0.2, 0) is 9.53 Å². The molecule has 0 aromatic carbocycles. The number of carbonyl (C=O) groups is 1. The van der Waals surface area contributed by atoms with Crippen molar-refractivity contribution in [3.05, 3.63) is 11.1 Å². The summed E-state index contributed by atoms with van der Waals surface area (Å²) in [6, 6.07) is 1.91. The van der Waals surface area contributed by atoms with Crippen molar-refractivity contribution in [3.63, 3.8) is 0 Å². The fraction of sp³-hybridized carbons (Fsp3) is 0.600. The third-order valence-electron chi connectivity index (χ3n) is 2.13. The highest BCUT2D eigenvalue weighted by Gasteiger charge is 2.26. The standard InChI is InChI=1S/C10H13NO2/c1-3-13-10(12)9(6-11)8-4-7(2)5-8/h7H,3-5H2,1-2H3. The van der Waals surface area contributed by atoms with Gasteiger partial charge < -0.3 is 4.74 Å². The predicted molar refractivity (Wildman–Crippen MR) is 47.7 cm³/mol. The molecule has 0 aliphatic heterocycles. The lowest BCUT2D eigenvalue weighted by molar-refractivity contribution is -0.138. The Bertz CT molecular complexity index is 278. The van der Waals surface area contributed by atoms with Crippen molar-refractivity contribution in [3.8, 4) is 6.07 Å². The molecule has 1 saturated carbocycles. The Balaban J connectivity index is 2.69. The van der Waals surface area contributed by atoms with Gasteiger partial charge >= 0.3 is 5.97 Å². The van der Waals surface area contributed by atoms with E-state index in [9.17, 15) is 4.79 Å². The molecule has 1 rings (SSSR count). The Hall–Kier alpha value is -1.30. The summed E-state index contributed by atoms with van der Waals surface area (Å²) in [5, 5.41) is 8.74. The fourth-order valence-corrected chi connectivity index (χ4v) is 1.46. The van der Waals surface area contributed by atoms with Gasteiger partial charge in [-0.1, -0.05) is 6.92 Å². The van der Waals surface area contributed by atoms with Crippen LogP contribution < -0.4 is 0 Å². The molecule has 3 nitrogen and oxygen atoms in total. The summed E-state index contributed by atoms with van der Waals surface area (Å²) in [6.07, 6.45) is 1.73. The van der Waals surface area contributed by atoms with E-state index in [1.165, 1.54) is 0 Å². The number of ether oxygens (including phenoxy) is 1. The maximum atomic E-state index is 11.2. The second kappa shape index (κ2) is 4.08. The fourth-order valence-electron chi connectivity index (χ4n) is 1.46. The molecule has 1 fully saturated rings. The van der Waals surface area contributed by atoms with E-state index in [1.807, 2.05) is 6.07 Å². The molecule has 1 aliphatic rings. The van der Waals surface area contributed by atoms with Crippen molar-refractivity contribution in [2.45, 2.75) is 26.7 Å². The molecule has 3 heteroatoms. The van der Waals surface area contributed by atoms with Gasteiger partial charge in [0.1, 0.15) is 11.6 Å². The van der Waals surface area contributed by atoms with E-state index >= 15 is 0 Å². The number of nitriles is 1. The summed E-state index contributed by atoms with van der Waals surface area (Å²) in [5.74, 6) is 0.139. The average Bonchev–Trinajstić information content (AvgIpc) is 2.03. The third-order valence-corrected chi connectivity index (χ3v) is 2.13. The maximum Gasteiger partial charge on any atom is 0.348 e. The van der Waals surface area contributed by atoms with Crippen LogP contribution in [0.1, 0.15) is 26.7 Å². The van der Waals surface area contributed by atoms with Gasteiger partial charge in [0.25, 0.3) is 0 Å². The zero-order chi connectivity index (χ0) is 9.84. The lowest BCUT2D eigenvalue weighted by Gasteiger charge is -2.25. The van der Waals surface area contributed by atoms with Crippen LogP contribution in [0.5, 0.6) is 0 Å². The van der Waals surface area contributed by atoms with E-state index in [4.69, 9.17) is 10.00 Å². The number of carbonyl (C=O) groups excluding carboxylic acids is 1. The highest BCUT2D eigenvalue weighted by atomic mass is 16.5. The minimum Gasteiger partial charge on any atom is -0.462 e. The Morgan fingerprint density at radius 3 is 2.69 bits per heavy atom. The van der Waals surface area contributed by atoms with Gasteiger partial charge in [0.15, 0.2) is 0 Å². The first-order valence-corrected chi connectivity index (χ1v) is 4.48. The van der Waals surface area contributed by atoms with Gasteiger partial charge in [-0.2, -0.15) is 5.26 Å². The lowest BCUT2D eigenvalue weighted by Crippen LogP contribution is -2.17. The van der Waals surface area contributed by atoms with E-state index in [-0.39, 0.29) is 5.57 Å². The Labute approximate surface area is 78.0 Å². The number of esters is 1. The molecule has 0 saturated heterocycles. The topological polar surface area (TPSA) is 50.1 Å². The van der Waals surface area contributed by atoms with Crippen LogP contribution >= 0.6 is 0 Å². The molecular weight excluding hydrogens is 166 g/mol. The number of allylic oxidation sites excluding steroid dienone is 1. The molecule has 0 spiro atoms. The number of hydrogen-bond donors (Lipinski definition) is 0. The van der Waals surface area contributed by atoms with E-state index in [0.717, 1.165) is 18.4 Å². The van der Waals surface area contributed by atoms with Crippen LogP contribution in [0.4, 0.5) is 0 Å². The summed E-state index contributed by atoms with van der Waals surface area (Å²) in [7, 11) is 0. The zero-order valence-electron chi connectivity index (χ0n) is 7.96. The van der Waals surface area contributed by atoms with Crippen molar-refractivity contribution >= 4 is 5.97 Å². The minimum absolute atomic E-state index is 0.222. The number of rotatable bonds is 2. The molecule has 1 aliphatic carbocycles. The summed E-state index contributed by atoms with van der Waals surface area (Å²) in [6.45, 7) is 4.16. The van der Waals surface area contributed by atoms with Crippen molar-refractivity contribution in [2.75, 3.05) is 6.61 Å². The second-order valence-electron chi connectivity index (χ2n) is 3.32. The Morgan fingerprint density at radius 2 is 2.31 bits per heavy atom. The molecule has 0 amide bonds. The van der Waals surface area contributed by atoms with E-state index in [2.05, 4.69) is 6.92 Å². The second-order valence-corrected chi connectivity index (χ2v) is 3.32. The molecule has 0 radical (unpaired) electrons. The summed E-state index contributed by atoms with van der Waals surface area (Å²) in [5.41, 5.74) is 1.17. The predicted octanol–water partition coefficient (Wildman–Crippen LogP) is 1.80. The quantitative estimate of drug-likeness (QED) is 0.369. The van der Waals surface area contributed by atoms with Crippen molar-refractivity contribution in [2.24, 2.45) is 5.92 Å². The first-order valence-electron chi connectivity index (χ1n) is 4.48. The minimum atomic E-state index is -0.466. The average molecular weight is 179 g/mol. The van der Waals surface area contributed by atoms with Crippen LogP contribution in [0.2, 0.25) is 0 Å². The van der Waals surface area contributed by atoms with Gasteiger partial charge in [-0.05, 0) is 31.3 Å². The molecule has 0 heterocycles. The molecular formula is C10H13NO2. The SMILES string of the molecule is CCOC(=O)C(C#N)=C1CC(C)C1. The van der Waals surface area contributed by atoms with Crippen LogP contribution in [0, 0.1) is 17.2 Å². The lowest BCUT2D eigenvalue weighted by atomic mass is 9.79. The largest absolute Gasteiger partial charge is 0.462 e. The zero-order valence-corrected chi connectivity index (χ0v) is 7.96. The Kier molecular flexibility index (Phi) is 3.07. The molecule has 0 aromatic heterocycles. The van der Waals surface area contributed by atoms with E-state index < -0.39 is 5.97 Å². The highest BCUT2D eigenvalue weighted by molar-refractivity contribution is 5.93. The van der Waals surface area contributed by atoms with Crippen LogP contribution in [0.3, 0.4) is 0 Å². The van der Waals surface area contributed by atoms with Crippen molar-refractivity contribution < 1.29 is 9.53 Å². The normalized spacial score (nSPS) is 20.1. The maximum absolute atomic E-state index is 11.2. The van der Waals surface area contributed by atoms with Crippen LogP contribution in [-0.4, -0.2) is 12.6 Å². The summed E-state index contributed by atoms with van der Waals surface area (Å²) >= 11 is 0. The monoisotopic (exact) mass is 179 g/mol. The molecule has 0 unspecified atom stereocenters. The molecule has 0 N–H and O–H groups in total. The van der Waals surface area contributed by atoms with Gasteiger partial charge in [0, 0.05) is 0 Å². The molecule has 70 valence electrons. The molecule has 13 heavy (non-hydrogen) atoms. The van der Waals surface area contributed by atoms with E-state index in [0.29, 0.717) is 12.5 Å². The number of nitrogens with zero attached hydrogens (tertiary/aromatic N) is 1. The smallest absolute Gasteiger partial charge is 0.348 e. The van der Waals surface area contributed by atoms with Crippen molar-refractivity contribution in [1.29, 1.82) is 5.26 Å². The third kappa shape index (κ3) is 2.09. The molecule has 0 bridgehead atoms. The van der Waals surface area contributed by atoms with Gasteiger partial charge in [0.05, 0.1) is 6.61 Å². The highest BCUT2D eigenvalue weighted by Crippen LogP contribution is 2.34. The van der Waals surface area contributed by atoms with Gasteiger partial charge in [-0.3, -0.25) is 0 Å². The van der Waals surface area contributed by atoms with Gasteiger partial charge in [0.2, 0.25) is 0 Å². The first kappa shape index (κ1) is 9.79. The van der Waals surface area contributed by atoms with Crippen LogP contribution in [0.15, 0.2) is 11.1 Å². The molecule has 0 atom stereocenters. The Morgan fingerprint density at radius 1 is 1.69 bits per heavy atom. The molecule has 0 aromatic rings. The van der Waals surface area contributed by atoms with E-state index in [1.54, 1.807) is 6.92 Å². The van der Waals surface area contributed by atoms with Gasteiger partial charge in [-0.15, -0.1) is 0 Å². The summed E-state index contributed by atoms with van der Waals surface area (Å²) in [4.78, 5) is 11.2. The van der Waals surface area contributed by atoms with Crippen molar-refractivity contribution in [1.82, 2.24) is 0 Å². The van der Waals surface area contributed by atoms with Gasteiger partial charge in [-0.25, -0.2) is 4.79 Å². The number of hydrogen-bond acceptors (Lipinski definition) is 3. The van der Waals surface area contributed by atoms with Crippen LogP contribution in [0.25, 0.3) is 0 Å². The first-order chi connectivity index (χ1) is 6.19. The summed E-state index contributed by atoms with van der Waals surface area (Å²) < 4.78 is 4.77.